The number of non-ortho nitro benzene ring substituents is 1. The summed E-state index contributed by atoms with van der Waals surface area (Å²) in [7, 11) is 0. The second-order valence-electron chi connectivity index (χ2n) is 6.71. The molecule has 0 saturated heterocycles. The molecule has 0 fully saturated rings. The van der Waals surface area contributed by atoms with E-state index < -0.39 is 10.8 Å². The van der Waals surface area contributed by atoms with E-state index in [0.29, 0.717) is 53.1 Å². The van der Waals surface area contributed by atoms with Gasteiger partial charge in [-0.2, -0.15) is 4.99 Å². The van der Waals surface area contributed by atoms with Gasteiger partial charge in [-0.15, -0.1) is 6.58 Å². The zero-order chi connectivity index (χ0) is 24.0. The van der Waals surface area contributed by atoms with Gasteiger partial charge in [0.1, 0.15) is 0 Å². The van der Waals surface area contributed by atoms with Crippen molar-refractivity contribution in [2.75, 3.05) is 19.8 Å². The Kier molecular flexibility index (Phi) is 7.83. The fourth-order valence-corrected chi connectivity index (χ4v) is 4.30. The van der Waals surface area contributed by atoms with Gasteiger partial charge in [-0.25, -0.2) is 0 Å². The van der Waals surface area contributed by atoms with E-state index in [-0.39, 0.29) is 11.3 Å². The molecule has 0 saturated carbocycles. The van der Waals surface area contributed by atoms with E-state index in [9.17, 15) is 14.9 Å². The molecule has 174 valence electrons. The van der Waals surface area contributed by atoms with E-state index in [0.717, 1.165) is 5.52 Å². The molecule has 0 unspecified atom stereocenters. The van der Waals surface area contributed by atoms with Crippen LogP contribution in [0, 0.1) is 10.1 Å². The predicted octanol–water partition coefficient (Wildman–Crippen LogP) is 4.73. The Hall–Kier alpha value is -3.66. The van der Waals surface area contributed by atoms with Crippen LogP contribution in [0.3, 0.4) is 0 Å². The molecule has 0 radical (unpaired) electrons. The molecule has 33 heavy (non-hydrogen) atoms. The minimum absolute atomic E-state index is 0.0263. The number of ether oxygens (including phenoxy) is 3. The molecule has 1 amide bonds. The van der Waals surface area contributed by atoms with E-state index in [1.807, 2.05) is 20.8 Å². The summed E-state index contributed by atoms with van der Waals surface area (Å²) in [5.74, 6) is 0.733. The van der Waals surface area contributed by atoms with Crippen LogP contribution in [0.2, 0.25) is 0 Å². The van der Waals surface area contributed by atoms with Crippen LogP contribution in [-0.2, 0) is 6.54 Å². The molecule has 3 rings (SSSR count). The molecular weight excluding hydrogens is 446 g/mol. The number of benzene rings is 2. The number of rotatable bonds is 10. The molecule has 1 heterocycles. The largest absolute Gasteiger partial charge is 0.490 e. The molecule has 3 aromatic rings. The van der Waals surface area contributed by atoms with E-state index in [1.54, 1.807) is 28.8 Å². The van der Waals surface area contributed by atoms with Crippen LogP contribution in [0.5, 0.6) is 17.2 Å². The highest BCUT2D eigenvalue weighted by molar-refractivity contribution is 7.16. The molecule has 0 atom stereocenters. The SMILES string of the molecule is C=CCn1c(=NC(=O)c2cc(OCC)c(OCC)c(OCC)c2)sc2cc([N+](=O)[O-])ccc21. The van der Waals surface area contributed by atoms with E-state index in [4.69, 9.17) is 14.2 Å². The lowest BCUT2D eigenvalue weighted by Crippen LogP contribution is -2.16. The summed E-state index contributed by atoms with van der Waals surface area (Å²) in [5, 5.41) is 11.1. The number of thiazole rings is 1. The Balaban J connectivity index is 2.15. The number of nitro groups is 1. The molecule has 0 aliphatic carbocycles. The average molecular weight is 472 g/mol. The van der Waals surface area contributed by atoms with Crippen LogP contribution in [0.4, 0.5) is 5.69 Å². The minimum atomic E-state index is -0.501. The normalized spacial score (nSPS) is 11.4. The van der Waals surface area contributed by atoms with Crippen molar-refractivity contribution in [3.05, 3.63) is 63.5 Å². The third-order valence-electron chi connectivity index (χ3n) is 4.54. The lowest BCUT2D eigenvalue weighted by atomic mass is 10.1. The Morgan fingerprint density at radius 1 is 1.12 bits per heavy atom. The lowest BCUT2D eigenvalue weighted by Gasteiger charge is -2.16. The second kappa shape index (κ2) is 10.8. The molecule has 9 nitrogen and oxygen atoms in total. The fraction of sp³-hybridized carbons (Fsp3) is 0.304. The number of amides is 1. The summed E-state index contributed by atoms with van der Waals surface area (Å²) in [6.07, 6.45) is 1.67. The Bertz CT molecular complexity index is 1230. The van der Waals surface area contributed by atoms with Crippen molar-refractivity contribution < 1.29 is 23.9 Å². The number of carbonyl (C=O) groups is 1. The summed E-state index contributed by atoms with van der Waals surface area (Å²) in [4.78, 5) is 28.5. The van der Waals surface area contributed by atoms with Crippen molar-refractivity contribution in [3.8, 4) is 17.2 Å². The maximum Gasteiger partial charge on any atom is 0.279 e. The van der Waals surface area contributed by atoms with Gasteiger partial charge in [0.25, 0.3) is 11.6 Å². The smallest absolute Gasteiger partial charge is 0.279 e. The maximum absolute atomic E-state index is 13.1. The number of fused-ring (bicyclic) bond motifs is 1. The highest BCUT2D eigenvalue weighted by Crippen LogP contribution is 2.39. The van der Waals surface area contributed by atoms with E-state index in [1.165, 1.54) is 23.5 Å². The van der Waals surface area contributed by atoms with Gasteiger partial charge in [0.15, 0.2) is 16.3 Å². The average Bonchev–Trinajstić information content (AvgIpc) is 3.12. The molecule has 1 aromatic heterocycles. The van der Waals surface area contributed by atoms with Crippen LogP contribution in [-0.4, -0.2) is 35.2 Å². The first kappa shape index (κ1) is 24.0. The van der Waals surface area contributed by atoms with Gasteiger partial charge >= 0.3 is 0 Å². The van der Waals surface area contributed by atoms with Crippen LogP contribution < -0.4 is 19.0 Å². The summed E-state index contributed by atoms with van der Waals surface area (Å²) in [6, 6.07) is 7.71. The first-order valence-electron chi connectivity index (χ1n) is 10.5. The zero-order valence-electron chi connectivity index (χ0n) is 18.7. The summed E-state index contributed by atoms with van der Waals surface area (Å²) in [6.45, 7) is 10.9. The highest BCUT2D eigenvalue weighted by Gasteiger charge is 2.19. The van der Waals surface area contributed by atoms with Crippen molar-refractivity contribution in [1.29, 1.82) is 0 Å². The second-order valence-corrected chi connectivity index (χ2v) is 7.72. The summed E-state index contributed by atoms with van der Waals surface area (Å²) in [5.41, 5.74) is 0.981. The molecule has 0 aliphatic heterocycles. The number of carbonyl (C=O) groups excluding carboxylic acids is 1. The van der Waals surface area contributed by atoms with Crippen LogP contribution >= 0.6 is 11.3 Å². The number of nitrogens with zero attached hydrogens (tertiary/aromatic N) is 3. The molecule has 0 bridgehead atoms. The number of hydrogen-bond donors (Lipinski definition) is 0. The Morgan fingerprint density at radius 2 is 1.76 bits per heavy atom. The number of nitro benzene ring substituents is 1. The maximum atomic E-state index is 13.1. The van der Waals surface area contributed by atoms with Gasteiger partial charge in [0.05, 0.1) is 35.0 Å². The molecule has 2 aromatic carbocycles. The van der Waals surface area contributed by atoms with E-state index in [2.05, 4.69) is 11.6 Å². The van der Waals surface area contributed by atoms with Gasteiger partial charge < -0.3 is 18.8 Å². The molecule has 0 N–H and O–H groups in total. The third kappa shape index (κ3) is 5.23. The van der Waals surface area contributed by atoms with Crippen molar-refractivity contribution in [2.45, 2.75) is 27.3 Å². The molecule has 0 aliphatic rings. The Morgan fingerprint density at radius 3 is 2.30 bits per heavy atom. The van der Waals surface area contributed by atoms with Gasteiger partial charge in [0.2, 0.25) is 5.75 Å². The van der Waals surface area contributed by atoms with Crippen molar-refractivity contribution in [3.63, 3.8) is 0 Å². The van der Waals surface area contributed by atoms with Gasteiger partial charge in [0, 0.05) is 24.2 Å². The number of hydrogen-bond acceptors (Lipinski definition) is 7. The van der Waals surface area contributed by atoms with Crippen LogP contribution in [0.1, 0.15) is 31.1 Å². The van der Waals surface area contributed by atoms with Crippen LogP contribution in [0.25, 0.3) is 10.2 Å². The molecule has 10 heteroatoms. The van der Waals surface area contributed by atoms with Crippen molar-refractivity contribution in [2.24, 2.45) is 4.99 Å². The van der Waals surface area contributed by atoms with E-state index >= 15 is 0 Å². The lowest BCUT2D eigenvalue weighted by molar-refractivity contribution is -0.384. The standard InChI is InChI=1S/C23H25N3O6S/c1-5-11-25-17-10-9-16(26(28)29)14-20(17)33-23(25)24-22(27)15-12-18(30-6-2)21(32-8-4)19(13-15)31-7-3/h5,9-10,12-14H,1,6-8,11H2,2-4H3. The first-order chi connectivity index (χ1) is 15.9. The van der Waals surface area contributed by atoms with Gasteiger partial charge in [-0.05, 0) is 39.0 Å². The quantitative estimate of drug-likeness (QED) is 0.240. The topological polar surface area (TPSA) is 105 Å². The fourth-order valence-electron chi connectivity index (χ4n) is 3.23. The van der Waals surface area contributed by atoms with Crippen molar-refractivity contribution >= 4 is 33.1 Å². The van der Waals surface area contributed by atoms with Gasteiger partial charge in [-0.3, -0.25) is 14.9 Å². The zero-order valence-corrected chi connectivity index (χ0v) is 19.5. The summed E-state index contributed by atoms with van der Waals surface area (Å²) >= 11 is 1.19. The predicted molar refractivity (Wildman–Crippen MR) is 127 cm³/mol. The Labute approximate surface area is 194 Å². The molecular formula is C23H25N3O6S. The first-order valence-corrected chi connectivity index (χ1v) is 11.3. The summed E-state index contributed by atoms with van der Waals surface area (Å²) < 4.78 is 19.5. The van der Waals surface area contributed by atoms with Crippen LogP contribution in [0.15, 0.2) is 48.0 Å². The minimum Gasteiger partial charge on any atom is -0.490 e. The van der Waals surface area contributed by atoms with Crippen molar-refractivity contribution in [1.82, 2.24) is 4.57 Å². The van der Waals surface area contributed by atoms with Gasteiger partial charge in [-0.1, -0.05) is 17.4 Å². The monoisotopic (exact) mass is 471 g/mol. The highest BCUT2D eigenvalue weighted by atomic mass is 32.1. The third-order valence-corrected chi connectivity index (χ3v) is 5.58. The number of aromatic nitrogens is 1. The molecule has 0 spiro atoms. The number of allylic oxidation sites excluding steroid dienone is 1.